The molecule has 0 saturated carbocycles. The minimum absolute atomic E-state index is 0.507. The molecular weight excluding hydrogens is 293 g/mol. The van der Waals surface area contributed by atoms with Crippen molar-refractivity contribution in [2.75, 3.05) is 13.6 Å². The molecule has 1 N–H and O–H groups in total. The van der Waals surface area contributed by atoms with Crippen molar-refractivity contribution < 1.29 is 5.11 Å². The fraction of sp³-hybridized carbons (Fsp3) is 0.250. The molecule has 0 bridgehead atoms. The van der Waals surface area contributed by atoms with Gasteiger partial charge in [-0.15, -0.1) is 0 Å². The Labute approximate surface area is 129 Å². The molecule has 0 spiro atoms. The SMILES string of the molecule is CN(Cc1ccc(Cl)cc1Cl)C[C@H](O)c1ccccc1. The summed E-state index contributed by atoms with van der Waals surface area (Å²) in [6.45, 7) is 1.21. The van der Waals surface area contributed by atoms with E-state index in [9.17, 15) is 5.11 Å². The summed E-state index contributed by atoms with van der Waals surface area (Å²) in [4.78, 5) is 2.03. The van der Waals surface area contributed by atoms with E-state index in [0.29, 0.717) is 23.1 Å². The van der Waals surface area contributed by atoms with Gasteiger partial charge in [0.1, 0.15) is 0 Å². The molecule has 2 aromatic rings. The average Bonchev–Trinajstić information content (AvgIpc) is 2.43. The molecule has 2 nitrogen and oxygen atoms in total. The van der Waals surface area contributed by atoms with E-state index in [4.69, 9.17) is 23.2 Å². The zero-order valence-corrected chi connectivity index (χ0v) is 12.8. The molecule has 0 saturated heterocycles. The number of aliphatic hydroxyl groups excluding tert-OH is 1. The van der Waals surface area contributed by atoms with E-state index in [0.717, 1.165) is 11.1 Å². The van der Waals surface area contributed by atoms with E-state index in [-0.39, 0.29) is 0 Å². The maximum atomic E-state index is 10.2. The zero-order chi connectivity index (χ0) is 14.5. The standard InChI is InChI=1S/C16H17Cl2NO/c1-19(10-13-7-8-14(17)9-15(13)18)11-16(20)12-5-3-2-4-6-12/h2-9,16,20H,10-11H2,1H3/t16-/m0/s1. The summed E-state index contributed by atoms with van der Waals surface area (Å²) >= 11 is 12.0. The summed E-state index contributed by atoms with van der Waals surface area (Å²) in [5.41, 5.74) is 1.92. The van der Waals surface area contributed by atoms with Crippen LogP contribution < -0.4 is 0 Å². The second kappa shape index (κ2) is 7.09. The molecule has 1 atom stereocenters. The number of aliphatic hydroxyl groups is 1. The predicted molar refractivity (Wildman–Crippen MR) is 84.2 cm³/mol. The van der Waals surface area contributed by atoms with Crippen molar-refractivity contribution >= 4 is 23.2 Å². The third-order valence-corrected chi connectivity index (χ3v) is 3.71. The summed E-state index contributed by atoms with van der Waals surface area (Å²) in [5.74, 6) is 0. The highest BCUT2D eigenvalue weighted by Gasteiger charge is 2.12. The van der Waals surface area contributed by atoms with Gasteiger partial charge in [-0.1, -0.05) is 59.6 Å². The Morgan fingerprint density at radius 2 is 1.80 bits per heavy atom. The monoisotopic (exact) mass is 309 g/mol. The van der Waals surface area contributed by atoms with E-state index in [1.54, 1.807) is 6.07 Å². The van der Waals surface area contributed by atoms with E-state index in [2.05, 4.69) is 0 Å². The first-order valence-electron chi connectivity index (χ1n) is 6.42. The number of hydrogen-bond acceptors (Lipinski definition) is 2. The molecule has 0 amide bonds. The van der Waals surface area contributed by atoms with Gasteiger partial charge >= 0.3 is 0 Å². The lowest BCUT2D eigenvalue weighted by molar-refractivity contribution is 0.124. The molecule has 0 aromatic heterocycles. The van der Waals surface area contributed by atoms with Crippen LogP contribution in [0.15, 0.2) is 48.5 Å². The van der Waals surface area contributed by atoms with Crippen molar-refractivity contribution in [1.29, 1.82) is 0 Å². The summed E-state index contributed by atoms with van der Waals surface area (Å²) in [5, 5.41) is 11.5. The fourth-order valence-corrected chi connectivity index (χ4v) is 2.55. The Hall–Kier alpha value is -1.06. The van der Waals surface area contributed by atoms with Crippen molar-refractivity contribution in [2.45, 2.75) is 12.6 Å². The van der Waals surface area contributed by atoms with Gasteiger partial charge in [0.2, 0.25) is 0 Å². The van der Waals surface area contributed by atoms with Gasteiger partial charge < -0.3 is 5.11 Å². The van der Waals surface area contributed by atoms with Crippen LogP contribution in [0, 0.1) is 0 Å². The van der Waals surface area contributed by atoms with Crippen LogP contribution in [0.4, 0.5) is 0 Å². The van der Waals surface area contributed by atoms with Crippen LogP contribution in [0.25, 0.3) is 0 Å². The van der Waals surface area contributed by atoms with E-state index in [1.165, 1.54) is 0 Å². The Kier molecular flexibility index (Phi) is 5.44. The van der Waals surface area contributed by atoms with Crippen LogP contribution in [-0.2, 0) is 6.54 Å². The molecule has 0 aliphatic rings. The third kappa shape index (κ3) is 4.22. The molecule has 2 rings (SSSR count). The molecule has 0 fully saturated rings. The number of hydrogen-bond donors (Lipinski definition) is 1. The summed E-state index contributed by atoms with van der Waals surface area (Å²) < 4.78 is 0. The first-order chi connectivity index (χ1) is 9.56. The average molecular weight is 310 g/mol. The van der Waals surface area contributed by atoms with Gasteiger partial charge in [0.25, 0.3) is 0 Å². The van der Waals surface area contributed by atoms with Gasteiger partial charge in [-0.3, -0.25) is 4.90 Å². The second-order valence-electron chi connectivity index (χ2n) is 4.86. The number of halogens is 2. The molecular formula is C16H17Cl2NO. The molecule has 4 heteroatoms. The quantitative estimate of drug-likeness (QED) is 0.896. The molecule has 20 heavy (non-hydrogen) atoms. The maximum Gasteiger partial charge on any atom is 0.0916 e. The molecule has 106 valence electrons. The Bertz CT molecular complexity index is 560. The summed E-state index contributed by atoms with van der Waals surface area (Å²) in [6.07, 6.45) is -0.507. The fourth-order valence-electron chi connectivity index (χ4n) is 2.08. The van der Waals surface area contributed by atoms with E-state index >= 15 is 0 Å². The number of likely N-dealkylation sites (N-methyl/N-ethyl adjacent to an activating group) is 1. The molecule has 0 heterocycles. The highest BCUT2D eigenvalue weighted by atomic mass is 35.5. The predicted octanol–water partition coefficient (Wildman–Crippen LogP) is 4.16. The van der Waals surface area contributed by atoms with Crippen LogP contribution in [-0.4, -0.2) is 23.6 Å². The smallest absolute Gasteiger partial charge is 0.0916 e. The minimum atomic E-state index is -0.507. The van der Waals surface area contributed by atoms with Crippen molar-refractivity contribution in [1.82, 2.24) is 4.90 Å². The molecule has 2 aromatic carbocycles. The largest absolute Gasteiger partial charge is 0.387 e. The van der Waals surface area contributed by atoms with Crippen LogP contribution in [0.5, 0.6) is 0 Å². The first kappa shape index (κ1) is 15.3. The van der Waals surface area contributed by atoms with Crippen molar-refractivity contribution in [3.8, 4) is 0 Å². The summed E-state index contributed by atoms with van der Waals surface area (Å²) in [6, 6.07) is 15.1. The van der Waals surface area contributed by atoms with Crippen molar-refractivity contribution in [2.24, 2.45) is 0 Å². The highest BCUT2D eigenvalue weighted by Crippen LogP contribution is 2.22. The molecule has 0 aliphatic heterocycles. The molecule has 0 aliphatic carbocycles. The zero-order valence-electron chi connectivity index (χ0n) is 11.3. The lowest BCUT2D eigenvalue weighted by Crippen LogP contribution is -2.24. The Morgan fingerprint density at radius 3 is 2.45 bits per heavy atom. The number of benzene rings is 2. The van der Waals surface area contributed by atoms with Gasteiger partial charge in [-0.25, -0.2) is 0 Å². The van der Waals surface area contributed by atoms with Crippen LogP contribution in [0.2, 0.25) is 10.0 Å². The minimum Gasteiger partial charge on any atom is -0.387 e. The second-order valence-corrected chi connectivity index (χ2v) is 5.70. The van der Waals surface area contributed by atoms with Crippen molar-refractivity contribution in [3.05, 3.63) is 69.7 Å². The molecule has 0 unspecified atom stereocenters. The molecule has 0 radical (unpaired) electrons. The first-order valence-corrected chi connectivity index (χ1v) is 7.17. The highest BCUT2D eigenvalue weighted by molar-refractivity contribution is 6.35. The Morgan fingerprint density at radius 1 is 1.10 bits per heavy atom. The Balaban J connectivity index is 1.97. The van der Waals surface area contributed by atoms with Gasteiger partial charge in [0.05, 0.1) is 6.10 Å². The van der Waals surface area contributed by atoms with Gasteiger partial charge in [-0.2, -0.15) is 0 Å². The van der Waals surface area contributed by atoms with Crippen LogP contribution in [0.1, 0.15) is 17.2 Å². The topological polar surface area (TPSA) is 23.5 Å². The number of nitrogens with zero attached hydrogens (tertiary/aromatic N) is 1. The lowest BCUT2D eigenvalue weighted by Gasteiger charge is -2.21. The third-order valence-electron chi connectivity index (χ3n) is 3.12. The number of rotatable bonds is 5. The van der Waals surface area contributed by atoms with Crippen LogP contribution >= 0.6 is 23.2 Å². The van der Waals surface area contributed by atoms with E-state index < -0.39 is 6.10 Å². The van der Waals surface area contributed by atoms with Crippen LogP contribution in [0.3, 0.4) is 0 Å². The van der Waals surface area contributed by atoms with Gasteiger partial charge in [0, 0.05) is 23.1 Å². The van der Waals surface area contributed by atoms with Gasteiger partial charge in [0.15, 0.2) is 0 Å². The maximum absolute atomic E-state index is 10.2. The van der Waals surface area contributed by atoms with Gasteiger partial charge in [-0.05, 0) is 30.3 Å². The summed E-state index contributed by atoms with van der Waals surface area (Å²) in [7, 11) is 1.96. The van der Waals surface area contributed by atoms with Crippen molar-refractivity contribution in [3.63, 3.8) is 0 Å². The van der Waals surface area contributed by atoms with E-state index in [1.807, 2.05) is 54.4 Å². The lowest BCUT2D eigenvalue weighted by atomic mass is 10.1. The normalized spacial score (nSPS) is 12.7.